The Hall–Kier alpha value is -2.82. The zero-order chi connectivity index (χ0) is 16.4. The fourth-order valence-electron chi connectivity index (χ4n) is 2.74. The standard InChI is InChI=1S/C18H18N2O3/c1-3-20-16-9-4-12(11-17(21)22)10-15(16)19-18(20)13-5-7-14(23-2)8-6-13/h4-10H,3,11H2,1-2H3,(H,21,22). The molecule has 0 amide bonds. The Kier molecular flexibility index (Phi) is 4.02. The summed E-state index contributed by atoms with van der Waals surface area (Å²) < 4.78 is 7.32. The minimum atomic E-state index is -0.838. The fourth-order valence-corrected chi connectivity index (χ4v) is 2.74. The van der Waals surface area contributed by atoms with E-state index in [4.69, 9.17) is 14.8 Å². The van der Waals surface area contributed by atoms with Gasteiger partial charge in [-0.25, -0.2) is 4.98 Å². The number of hydrogen-bond acceptors (Lipinski definition) is 3. The van der Waals surface area contributed by atoms with Crippen LogP contribution in [0.25, 0.3) is 22.4 Å². The lowest BCUT2D eigenvalue weighted by molar-refractivity contribution is -0.136. The summed E-state index contributed by atoms with van der Waals surface area (Å²) in [5.74, 6) is 0.837. The van der Waals surface area contributed by atoms with Crippen LogP contribution in [0.4, 0.5) is 0 Å². The summed E-state index contributed by atoms with van der Waals surface area (Å²) in [6.45, 7) is 2.86. The average Bonchev–Trinajstić information content (AvgIpc) is 2.92. The van der Waals surface area contributed by atoms with Gasteiger partial charge < -0.3 is 14.4 Å². The Morgan fingerprint density at radius 1 is 1.22 bits per heavy atom. The Balaban J connectivity index is 2.10. The number of carboxylic acids is 1. The van der Waals surface area contributed by atoms with E-state index in [2.05, 4.69) is 11.5 Å². The molecule has 0 spiro atoms. The molecule has 5 heteroatoms. The van der Waals surface area contributed by atoms with Crippen molar-refractivity contribution in [2.24, 2.45) is 0 Å². The number of carbonyl (C=O) groups is 1. The molecule has 0 saturated heterocycles. The third-order valence-electron chi connectivity index (χ3n) is 3.83. The number of rotatable bonds is 5. The average molecular weight is 310 g/mol. The zero-order valence-corrected chi connectivity index (χ0v) is 13.1. The lowest BCUT2D eigenvalue weighted by Gasteiger charge is -2.07. The normalized spacial score (nSPS) is 10.9. The van der Waals surface area contributed by atoms with E-state index in [1.54, 1.807) is 7.11 Å². The van der Waals surface area contributed by atoms with Gasteiger partial charge in [0.25, 0.3) is 0 Å². The molecule has 0 fully saturated rings. The molecular weight excluding hydrogens is 292 g/mol. The fraction of sp³-hybridized carbons (Fsp3) is 0.222. The van der Waals surface area contributed by atoms with Gasteiger partial charge in [0.15, 0.2) is 0 Å². The van der Waals surface area contributed by atoms with Crippen molar-refractivity contribution in [1.29, 1.82) is 0 Å². The molecule has 0 bridgehead atoms. The summed E-state index contributed by atoms with van der Waals surface area (Å²) >= 11 is 0. The number of carboxylic acid groups (broad SMARTS) is 1. The molecule has 0 radical (unpaired) electrons. The molecule has 0 saturated carbocycles. The summed E-state index contributed by atoms with van der Waals surface area (Å²) in [5, 5.41) is 8.93. The first kappa shape index (κ1) is 15.1. The molecule has 1 N–H and O–H groups in total. The minimum Gasteiger partial charge on any atom is -0.497 e. The van der Waals surface area contributed by atoms with E-state index >= 15 is 0 Å². The second-order valence-corrected chi connectivity index (χ2v) is 5.30. The summed E-state index contributed by atoms with van der Waals surface area (Å²) in [4.78, 5) is 15.6. The van der Waals surface area contributed by atoms with Gasteiger partial charge in [-0.1, -0.05) is 6.07 Å². The SMILES string of the molecule is CCn1c(-c2ccc(OC)cc2)nc2cc(CC(=O)O)ccc21. The lowest BCUT2D eigenvalue weighted by Crippen LogP contribution is -2.00. The van der Waals surface area contributed by atoms with Crippen LogP contribution < -0.4 is 4.74 Å². The Morgan fingerprint density at radius 2 is 1.96 bits per heavy atom. The minimum absolute atomic E-state index is 0.00674. The molecule has 2 aromatic carbocycles. The van der Waals surface area contributed by atoms with Gasteiger partial charge in [0.1, 0.15) is 11.6 Å². The van der Waals surface area contributed by atoms with Crippen LogP contribution >= 0.6 is 0 Å². The van der Waals surface area contributed by atoms with Gasteiger partial charge in [-0.15, -0.1) is 0 Å². The van der Waals surface area contributed by atoms with Crippen molar-refractivity contribution in [1.82, 2.24) is 9.55 Å². The molecule has 3 aromatic rings. The zero-order valence-electron chi connectivity index (χ0n) is 13.1. The van der Waals surface area contributed by atoms with Gasteiger partial charge in [-0.05, 0) is 48.9 Å². The van der Waals surface area contributed by atoms with Crippen LogP contribution in [-0.4, -0.2) is 27.7 Å². The van der Waals surface area contributed by atoms with Crippen molar-refractivity contribution >= 4 is 17.0 Å². The number of nitrogens with zero attached hydrogens (tertiary/aromatic N) is 2. The smallest absolute Gasteiger partial charge is 0.307 e. The lowest BCUT2D eigenvalue weighted by atomic mass is 10.1. The largest absolute Gasteiger partial charge is 0.497 e. The summed E-state index contributed by atoms with van der Waals surface area (Å²) in [5.41, 5.74) is 3.58. The van der Waals surface area contributed by atoms with Crippen molar-refractivity contribution < 1.29 is 14.6 Å². The van der Waals surface area contributed by atoms with Crippen LogP contribution in [0, 0.1) is 0 Å². The molecule has 0 unspecified atom stereocenters. The van der Waals surface area contributed by atoms with Gasteiger partial charge in [-0.2, -0.15) is 0 Å². The van der Waals surface area contributed by atoms with Crippen molar-refractivity contribution in [2.75, 3.05) is 7.11 Å². The molecular formula is C18H18N2O3. The van der Waals surface area contributed by atoms with Crippen LogP contribution in [0.2, 0.25) is 0 Å². The maximum Gasteiger partial charge on any atom is 0.307 e. The highest BCUT2D eigenvalue weighted by molar-refractivity contribution is 5.82. The van der Waals surface area contributed by atoms with E-state index in [0.717, 1.165) is 40.3 Å². The van der Waals surface area contributed by atoms with E-state index < -0.39 is 5.97 Å². The molecule has 0 aliphatic rings. The molecule has 1 heterocycles. The number of ether oxygens (including phenoxy) is 1. The number of aryl methyl sites for hydroxylation is 1. The van der Waals surface area contributed by atoms with Crippen LogP contribution in [0.3, 0.4) is 0 Å². The number of aromatic nitrogens is 2. The summed E-state index contributed by atoms with van der Waals surface area (Å²) in [6.07, 6.45) is 0.00674. The third kappa shape index (κ3) is 2.90. The molecule has 5 nitrogen and oxygen atoms in total. The molecule has 23 heavy (non-hydrogen) atoms. The number of aliphatic carboxylic acids is 1. The number of fused-ring (bicyclic) bond motifs is 1. The quantitative estimate of drug-likeness (QED) is 0.785. The first-order valence-corrected chi connectivity index (χ1v) is 7.47. The maximum absolute atomic E-state index is 10.9. The molecule has 1 aromatic heterocycles. The monoisotopic (exact) mass is 310 g/mol. The van der Waals surface area contributed by atoms with Crippen molar-refractivity contribution in [3.05, 3.63) is 48.0 Å². The predicted octanol–water partition coefficient (Wildman–Crippen LogP) is 3.36. The molecule has 0 atom stereocenters. The molecule has 118 valence electrons. The van der Waals surface area contributed by atoms with E-state index in [0.29, 0.717) is 0 Å². The Bertz CT molecular complexity index is 851. The number of imidazole rings is 1. The van der Waals surface area contributed by atoms with Crippen molar-refractivity contribution in [2.45, 2.75) is 19.9 Å². The molecule has 0 aliphatic heterocycles. The van der Waals surface area contributed by atoms with E-state index in [1.807, 2.05) is 42.5 Å². The summed E-state index contributed by atoms with van der Waals surface area (Å²) in [6, 6.07) is 13.4. The predicted molar refractivity (Wildman–Crippen MR) is 88.7 cm³/mol. The van der Waals surface area contributed by atoms with Gasteiger partial charge in [0, 0.05) is 12.1 Å². The maximum atomic E-state index is 10.9. The van der Waals surface area contributed by atoms with Gasteiger partial charge in [0.05, 0.1) is 24.6 Å². The van der Waals surface area contributed by atoms with Gasteiger partial charge in [-0.3, -0.25) is 4.79 Å². The number of methoxy groups -OCH3 is 1. The molecule has 0 aliphatic carbocycles. The number of benzene rings is 2. The van der Waals surface area contributed by atoms with E-state index in [9.17, 15) is 4.79 Å². The van der Waals surface area contributed by atoms with Crippen LogP contribution in [-0.2, 0) is 17.8 Å². The Morgan fingerprint density at radius 3 is 2.57 bits per heavy atom. The molecule has 3 rings (SSSR count). The number of hydrogen-bond donors (Lipinski definition) is 1. The van der Waals surface area contributed by atoms with Gasteiger partial charge >= 0.3 is 5.97 Å². The van der Waals surface area contributed by atoms with Crippen molar-refractivity contribution in [3.8, 4) is 17.1 Å². The first-order chi connectivity index (χ1) is 11.1. The third-order valence-corrected chi connectivity index (χ3v) is 3.83. The second-order valence-electron chi connectivity index (χ2n) is 5.30. The topological polar surface area (TPSA) is 64.4 Å². The summed E-state index contributed by atoms with van der Waals surface area (Å²) in [7, 11) is 1.64. The van der Waals surface area contributed by atoms with E-state index in [1.165, 1.54) is 0 Å². The van der Waals surface area contributed by atoms with Crippen LogP contribution in [0.5, 0.6) is 5.75 Å². The van der Waals surface area contributed by atoms with Crippen molar-refractivity contribution in [3.63, 3.8) is 0 Å². The van der Waals surface area contributed by atoms with Gasteiger partial charge in [0.2, 0.25) is 0 Å². The highest BCUT2D eigenvalue weighted by Crippen LogP contribution is 2.27. The first-order valence-electron chi connectivity index (χ1n) is 7.47. The highest BCUT2D eigenvalue weighted by atomic mass is 16.5. The highest BCUT2D eigenvalue weighted by Gasteiger charge is 2.13. The van der Waals surface area contributed by atoms with E-state index in [-0.39, 0.29) is 6.42 Å². The van der Waals surface area contributed by atoms with Crippen LogP contribution in [0.15, 0.2) is 42.5 Å². The Labute approximate surface area is 134 Å². The second kappa shape index (κ2) is 6.12. The van der Waals surface area contributed by atoms with Crippen LogP contribution in [0.1, 0.15) is 12.5 Å².